The Kier molecular flexibility index (Phi) is 7.39. The normalized spacial score (nSPS) is 28.3. The molecule has 1 fully saturated rings. The number of hydrogen-bond acceptors (Lipinski definition) is 6. The minimum Gasteiger partial charge on any atom is -0.458 e. The van der Waals surface area contributed by atoms with Crippen molar-refractivity contribution in [1.29, 1.82) is 0 Å². The van der Waals surface area contributed by atoms with Crippen LogP contribution in [0, 0.1) is 5.92 Å². The molecule has 182 valence electrons. The maximum atomic E-state index is 12.0. The summed E-state index contributed by atoms with van der Waals surface area (Å²) in [6.07, 6.45) is -0.436. The van der Waals surface area contributed by atoms with Crippen molar-refractivity contribution in [2.75, 3.05) is 0 Å². The summed E-state index contributed by atoms with van der Waals surface area (Å²) in [6.45, 7) is 9.44. The molecule has 6 nitrogen and oxygen atoms in total. The van der Waals surface area contributed by atoms with E-state index in [0.717, 1.165) is 35.1 Å². The van der Waals surface area contributed by atoms with Crippen LogP contribution < -0.4 is 0 Å². The summed E-state index contributed by atoms with van der Waals surface area (Å²) in [5, 5.41) is 0. The van der Waals surface area contributed by atoms with Crippen molar-refractivity contribution >= 4 is 11.9 Å². The quantitative estimate of drug-likeness (QED) is 0.544. The molecule has 1 saturated heterocycles. The fourth-order valence-electron chi connectivity index (χ4n) is 5.13. The third kappa shape index (κ3) is 4.89. The average Bonchev–Trinajstić information content (AvgIpc) is 3.24. The Morgan fingerprint density at radius 3 is 2.21 bits per heavy atom. The van der Waals surface area contributed by atoms with Gasteiger partial charge in [0.15, 0.2) is 6.10 Å². The van der Waals surface area contributed by atoms with Gasteiger partial charge < -0.3 is 18.9 Å². The Hall–Kier alpha value is -2.70. The minimum atomic E-state index is -0.734. The summed E-state index contributed by atoms with van der Waals surface area (Å²) in [4.78, 5) is 23.9. The van der Waals surface area contributed by atoms with Gasteiger partial charge in [-0.15, -0.1) is 0 Å². The summed E-state index contributed by atoms with van der Waals surface area (Å²) in [7, 11) is 0. The molecule has 2 aliphatic heterocycles. The van der Waals surface area contributed by atoms with Crippen molar-refractivity contribution in [3.63, 3.8) is 0 Å². The minimum absolute atomic E-state index is 0.114. The molecule has 1 unspecified atom stereocenters. The van der Waals surface area contributed by atoms with Gasteiger partial charge in [0.25, 0.3) is 0 Å². The van der Waals surface area contributed by atoms with Gasteiger partial charge in [0, 0.05) is 19.8 Å². The van der Waals surface area contributed by atoms with Crippen LogP contribution in [0.1, 0.15) is 81.1 Å². The lowest BCUT2D eigenvalue weighted by Crippen LogP contribution is -2.52. The van der Waals surface area contributed by atoms with E-state index in [1.54, 1.807) is 0 Å². The van der Waals surface area contributed by atoms with Crippen LogP contribution in [-0.4, -0.2) is 30.3 Å². The summed E-state index contributed by atoms with van der Waals surface area (Å²) in [5.74, 6) is -0.948. The lowest BCUT2D eigenvalue weighted by molar-refractivity contribution is -0.225. The van der Waals surface area contributed by atoms with Crippen LogP contribution >= 0.6 is 0 Å². The van der Waals surface area contributed by atoms with E-state index in [9.17, 15) is 9.59 Å². The van der Waals surface area contributed by atoms with Crippen molar-refractivity contribution in [3.05, 3.63) is 70.3 Å². The maximum Gasteiger partial charge on any atom is 0.303 e. The van der Waals surface area contributed by atoms with Crippen molar-refractivity contribution in [2.45, 2.75) is 84.6 Å². The van der Waals surface area contributed by atoms with Crippen LogP contribution in [0.5, 0.6) is 0 Å². The molecule has 6 heteroatoms. The largest absolute Gasteiger partial charge is 0.458 e. The number of rotatable bonds is 6. The first-order valence-electron chi connectivity index (χ1n) is 12.1. The average molecular weight is 467 g/mol. The van der Waals surface area contributed by atoms with Gasteiger partial charge in [-0.3, -0.25) is 9.59 Å². The molecular formula is C28H34O6. The fraction of sp³-hybridized carbons (Fsp3) is 0.500. The van der Waals surface area contributed by atoms with Crippen LogP contribution in [0.4, 0.5) is 0 Å². The molecule has 2 aromatic carbocycles. The Morgan fingerprint density at radius 2 is 1.59 bits per heavy atom. The van der Waals surface area contributed by atoms with E-state index in [2.05, 4.69) is 43.3 Å². The highest BCUT2D eigenvalue weighted by molar-refractivity contribution is 5.67. The van der Waals surface area contributed by atoms with Gasteiger partial charge in [-0.05, 0) is 46.7 Å². The number of benzene rings is 2. The number of ether oxygens (including phenoxy) is 4. The first kappa shape index (κ1) is 24.4. The topological polar surface area (TPSA) is 71.1 Å². The van der Waals surface area contributed by atoms with Gasteiger partial charge in [0.2, 0.25) is 0 Å². The highest BCUT2D eigenvalue weighted by atomic mass is 16.6. The number of hydrogen-bond donors (Lipinski definition) is 0. The zero-order valence-corrected chi connectivity index (χ0v) is 20.6. The Balaban J connectivity index is 1.71. The predicted octanol–water partition coefficient (Wildman–Crippen LogP) is 5.22. The van der Waals surface area contributed by atoms with E-state index in [0.29, 0.717) is 6.61 Å². The second-order valence-corrected chi connectivity index (χ2v) is 9.26. The Bertz CT molecular complexity index is 1030. The molecular weight excluding hydrogens is 432 g/mol. The number of carbonyl (C=O) groups excluding carboxylic acids is 2. The van der Waals surface area contributed by atoms with E-state index >= 15 is 0 Å². The van der Waals surface area contributed by atoms with Crippen molar-refractivity contribution in [2.24, 2.45) is 5.92 Å². The van der Waals surface area contributed by atoms with Crippen LogP contribution in [0.15, 0.2) is 42.5 Å². The molecule has 6 atom stereocenters. The third-order valence-electron chi connectivity index (χ3n) is 6.93. The molecule has 2 heterocycles. The Labute approximate surface area is 201 Å². The highest BCUT2D eigenvalue weighted by Crippen LogP contribution is 2.43. The first-order valence-corrected chi connectivity index (χ1v) is 12.1. The standard InChI is InChI=1S/C28H34O6/c1-6-19-8-10-20(11-9-19)26-23-14-21(12-13-22(23)15-31-26)27-28(33-18(5)30)25(32-17(4)29)16(3)24(7-2)34-27/h8-14,16,24-28H,6-7,15H2,1-5H3/t16-,24-,25+,26?,27+,28-/m1/s1. The number of esters is 2. The first-order chi connectivity index (χ1) is 16.3. The number of aryl methyl sites for hydroxylation is 1. The fourth-order valence-corrected chi connectivity index (χ4v) is 5.13. The van der Waals surface area contributed by atoms with Crippen LogP contribution in [0.25, 0.3) is 0 Å². The van der Waals surface area contributed by atoms with Crippen LogP contribution in [0.2, 0.25) is 0 Å². The molecule has 0 N–H and O–H groups in total. The smallest absolute Gasteiger partial charge is 0.303 e. The molecule has 0 amide bonds. The van der Waals surface area contributed by atoms with Gasteiger partial charge in [-0.2, -0.15) is 0 Å². The molecule has 0 radical (unpaired) electrons. The molecule has 0 aliphatic carbocycles. The van der Waals surface area contributed by atoms with Crippen LogP contribution in [-0.2, 0) is 41.6 Å². The third-order valence-corrected chi connectivity index (χ3v) is 6.93. The van der Waals surface area contributed by atoms with Gasteiger partial charge in [-0.1, -0.05) is 57.2 Å². The van der Waals surface area contributed by atoms with Crippen molar-refractivity contribution in [1.82, 2.24) is 0 Å². The lowest BCUT2D eigenvalue weighted by atomic mass is 9.83. The van der Waals surface area contributed by atoms with Crippen LogP contribution in [0.3, 0.4) is 0 Å². The van der Waals surface area contributed by atoms with Gasteiger partial charge in [-0.25, -0.2) is 0 Å². The summed E-state index contributed by atoms with van der Waals surface area (Å²) >= 11 is 0. The SMILES string of the molecule is CCc1ccc(C2OCc3ccc([C@@H]4O[C@H](CC)[C@@H](C)[C@H](OC(C)=O)[C@H]4OC(C)=O)cc32)cc1. The molecule has 0 saturated carbocycles. The summed E-state index contributed by atoms with van der Waals surface area (Å²) in [6, 6.07) is 14.7. The number of fused-ring (bicyclic) bond motifs is 1. The van der Waals surface area contributed by atoms with Gasteiger partial charge in [0.05, 0.1) is 12.7 Å². The monoisotopic (exact) mass is 466 g/mol. The van der Waals surface area contributed by atoms with E-state index in [1.807, 2.05) is 19.9 Å². The van der Waals surface area contributed by atoms with E-state index < -0.39 is 30.3 Å². The van der Waals surface area contributed by atoms with Crippen molar-refractivity contribution < 1.29 is 28.5 Å². The van der Waals surface area contributed by atoms with E-state index in [-0.39, 0.29) is 18.1 Å². The molecule has 4 rings (SSSR count). The molecule has 34 heavy (non-hydrogen) atoms. The number of carbonyl (C=O) groups is 2. The molecule has 0 spiro atoms. The molecule has 2 aliphatic rings. The maximum absolute atomic E-state index is 12.0. The Morgan fingerprint density at radius 1 is 0.941 bits per heavy atom. The van der Waals surface area contributed by atoms with E-state index in [1.165, 1.54) is 19.4 Å². The van der Waals surface area contributed by atoms with Gasteiger partial charge in [0.1, 0.15) is 18.3 Å². The predicted molar refractivity (Wildman–Crippen MR) is 127 cm³/mol. The van der Waals surface area contributed by atoms with Gasteiger partial charge >= 0.3 is 11.9 Å². The second-order valence-electron chi connectivity index (χ2n) is 9.26. The second kappa shape index (κ2) is 10.3. The molecule has 2 aromatic rings. The van der Waals surface area contributed by atoms with E-state index in [4.69, 9.17) is 18.9 Å². The summed E-state index contributed by atoms with van der Waals surface area (Å²) < 4.78 is 24.0. The van der Waals surface area contributed by atoms with Crippen molar-refractivity contribution in [3.8, 4) is 0 Å². The highest BCUT2D eigenvalue weighted by Gasteiger charge is 2.48. The zero-order valence-electron chi connectivity index (χ0n) is 20.6. The zero-order chi connectivity index (χ0) is 24.4. The summed E-state index contributed by atoms with van der Waals surface area (Å²) in [5.41, 5.74) is 5.49. The molecule has 0 aromatic heterocycles. The molecule has 0 bridgehead atoms. The lowest BCUT2D eigenvalue weighted by Gasteiger charge is -2.44.